The number of thiazole rings is 1. The Kier molecular flexibility index (Phi) is 3.19. The van der Waals surface area contributed by atoms with Crippen molar-refractivity contribution in [3.8, 4) is 0 Å². The Bertz CT molecular complexity index is 410. The number of nitrogens with one attached hydrogen (secondary N) is 1. The van der Waals surface area contributed by atoms with Crippen LogP contribution < -0.4 is 5.32 Å². The van der Waals surface area contributed by atoms with E-state index in [9.17, 15) is 9.59 Å². The number of amides is 1. The van der Waals surface area contributed by atoms with Crippen LogP contribution in [0.15, 0.2) is 6.20 Å². The van der Waals surface area contributed by atoms with Crippen molar-refractivity contribution < 1.29 is 14.7 Å². The molecule has 0 spiro atoms. The lowest BCUT2D eigenvalue weighted by Crippen LogP contribution is -2.19. The van der Waals surface area contributed by atoms with Crippen molar-refractivity contribution in [1.82, 2.24) is 4.98 Å². The molecule has 6 heteroatoms. The van der Waals surface area contributed by atoms with Crippen LogP contribution >= 0.6 is 11.3 Å². The van der Waals surface area contributed by atoms with Crippen LogP contribution in [0.2, 0.25) is 0 Å². The number of aromatic nitrogens is 1. The number of carbonyl (C=O) groups is 2. The smallest absolute Gasteiger partial charge is 0.347 e. The maximum absolute atomic E-state index is 11.7. The van der Waals surface area contributed by atoms with E-state index in [2.05, 4.69) is 10.3 Å². The van der Waals surface area contributed by atoms with Crippen molar-refractivity contribution in [2.24, 2.45) is 5.92 Å². The molecule has 1 fully saturated rings. The van der Waals surface area contributed by atoms with E-state index >= 15 is 0 Å². The normalized spacial score (nSPS) is 16.2. The number of anilines is 1. The van der Waals surface area contributed by atoms with Gasteiger partial charge in [0, 0.05) is 5.92 Å². The molecule has 1 aromatic rings. The lowest BCUT2D eigenvalue weighted by Gasteiger charge is -2.06. The SMILES string of the molecule is O=C(O)c1cnc(NC(=O)C2CCCC2)s1. The highest BCUT2D eigenvalue weighted by molar-refractivity contribution is 7.17. The third kappa shape index (κ3) is 2.38. The van der Waals surface area contributed by atoms with Crippen LogP contribution in [-0.4, -0.2) is 22.0 Å². The van der Waals surface area contributed by atoms with Crippen LogP contribution in [0.3, 0.4) is 0 Å². The fourth-order valence-electron chi connectivity index (χ4n) is 1.83. The number of aromatic carboxylic acids is 1. The molecule has 0 atom stereocenters. The van der Waals surface area contributed by atoms with Crippen molar-refractivity contribution in [2.45, 2.75) is 25.7 Å². The summed E-state index contributed by atoms with van der Waals surface area (Å²) in [6, 6.07) is 0. The maximum atomic E-state index is 11.7. The van der Waals surface area contributed by atoms with Crippen molar-refractivity contribution in [3.05, 3.63) is 11.1 Å². The molecule has 0 aliphatic heterocycles. The second-order valence-corrected chi connectivity index (χ2v) is 4.84. The molecule has 1 aliphatic carbocycles. The lowest BCUT2D eigenvalue weighted by molar-refractivity contribution is -0.119. The van der Waals surface area contributed by atoms with Crippen LogP contribution in [0.25, 0.3) is 0 Å². The summed E-state index contributed by atoms with van der Waals surface area (Å²) < 4.78 is 0. The first kappa shape index (κ1) is 11.1. The molecule has 1 aromatic heterocycles. The second kappa shape index (κ2) is 4.61. The molecule has 16 heavy (non-hydrogen) atoms. The third-order valence-corrected chi connectivity index (χ3v) is 3.57. The number of nitrogens with zero attached hydrogens (tertiary/aromatic N) is 1. The zero-order chi connectivity index (χ0) is 11.5. The van der Waals surface area contributed by atoms with Crippen LogP contribution in [0.4, 0.5) is 5.13 Å². The van der Waals surface area contributed by atoms with Gasteiger partial charge in [-0.15, -0.1) is 0 Å². The highest BCUT2D eigenvalue weighted by Gasteiger charge is 2.23. The quantitative estimate of drug-likeness (QED) is 0.846. The molecule has 2 rings (SSSR count). The highest BCUT2D eigenvalue weighted by Crippen LogP contribution is 2.27. The van der Waals surface area contributed by atoms with E-state index in [1.54, 1.807) is 0 Å². The molecule has 1 aliphatic rings. The molecule has 0 radical (unpaired) electrons. The molecule has 1 saturated carbocycles. The van der Waals surface area contributed by atoms with E-state index in [-0.39, 0.29) is 16.7 Å². The molecule has 0 unspecified atom stereocenters. The van der Waals surface area contributed by atoms with Gasteiger partial charge in [0.1, 0.15) is 4.88 Å². The van der Waals surface area contributed by atoms with Crippen molar-refractivity contribution >= 4 is 28.3 Å². The summed E-state index contributed by atoms with van der Waals surface area (Å²) in [5, 5.41) is 11.7. The predicted molar refractivity (Wildman–Crippen MR) is 59.7 cm³/mol. The van der Waals surface area contributed by atoms with Gasteiger partial charge in [0.15, 0.2) is 5.13 Å². The van der Waals surface area contributed by atoms with Gasteiger partial charge in [0.05, 0.1) is 6.20 Å². The predicted octanol–water partition coefficient (Wildman–Crippen LogP) is 1.97. The standard InChI is InChI=1S/C10H12N2O3S/c13-8(6-3-1-2-4-6)12-10-11-5-7(16-10)9(14)15/h5-6H,1-4H2,(H,14,15)(H,11,12,13). The Hall–Kier alpha value is -1.43. The first-order valence-corrected chi connectivity index (χ1v) is 5.98. The number of hydrogen-bond donors (Lipinski definition) is 2. The summed E-state index contributed by atoms with van der Waals surface area (Å²) in [6.07, 6.45) is 5.29. The van der Waals surface area contributed by atoms with E-state index in [0.717, 1.165) is 37.0 Å². The fourth-order valence-corrected chi connectivity index (χ4v) is 2.48. The van der Waals surface area contributed by atoms with Crippen molar-refractivity contribution in [2.75, 3.05) is 5.32 Å². The van der Waals surface area contributed by atoms with Crippen LogP contribution in [0.1, 0.15) is 35.4 Å². The molecule has 5 nitrogen and oxygen atoms in total. The average molecular weight is 240 g/mol. The molecular weight excluding hydrogens is 228 g/mol. The van der Waals surface area contributed by atoms with Crippen LogP contribution in [0.5, 0.6) is 0 Å². The summed E-state index contributed by atoms with van der Waals surface area (Å²) in [4.78, 5) is 26.3. The van der Waals surface area contributed by atoms with Gasteiger partial charge in [-0.05, 0) is 12.8 Å². The largest absolute Gasteiger partial charge is 0.477 e. The number of hydrogen-bond acceptors (Lipinski definition) is 4. The van der Waals surface area contributed by atoms with E-state index in [1.807, 2.05) is 0 Å². The minimum absolute atomic E-state index is 0.0382. The molecule has 2 N–H and O–H groups in total. The average Bonchev–Trinajstić information content (AvgIpc) is 2.87. The molecule has 0 bridgehead atoms. The Labute approximate surface area is 96.5 Å². The van der Waals surface area contributed by atoms with E-state index in [4.69, 9.17) is 5.11 Å². The molecule has 86 valence electrons. The van der Waals surface area contributed by atoms with E-state index in [0.29, 0.717) is 5.13 Å². The summed E-state index contributed by atoms with van der Waals surface area (Å²) >= 11 is 0.986. The maximum Gasteiger partial charge on any atom is 0.347 e. The van der Waals surface area contributed by atoms with Crippen LogP contribution in [-0.2, 0) is 4.79 Å². The van der Waals surface area contributed by atoms with Gasteiger partial charge in [-0.25, -0.2) is 9.78 Å². The molecule has 0 saturated heterocycles. The number of carbonyl (C=O) groups excluding carboxylic acids is 1. The van der Waals surface area contributed by atoms with Gasteiger partial charge in [-0.2, -0.15) is 0 Å². The van der Waals surface area contributed by atoms with Gasteiger partial charge < -0.3 is 10.4 Å². The van der Waals surface area contributed by atoms with Crippen LogP contribution in [0, 0.1) is 5.92 Å². The van der Waals surface area contributed by atoms with Crippen molar-refractivity contribution in [3.63, 3.8) is 0 Å². The minimum atomic E-state index is -1.01. The Morgan fingerprint density at radius 1 is 1.44 bits per heavy atom. The lowest BCUT2D eigenvalue weighted by atomic mass is 10.1. The monoisotopic (exact) mass is 240 g/mol. The highest BCUT2D eigenvalue weighted by atomic mass is 32.1. The van der Waals surface area contributed by atoms with Gasteiger partial charge in [0.25, 0.3) is 0 Å². The number of carboxylic acids is 1. The minimum Gasteiger partial charge on any atom is -0.477 e. The first-order chi connectivity index (χ1) is 7.66. The Morgan fingerprint density at radius 2 is 2.12 bits per heavy atom. The first-order valence-electron chi connectivity index (χ1n) is 5.17. The zero-order valence-corrected chi connectivity index (χ0v) is 9.42. The number of carboxylic acid groups (broad SMARTS) is 1. The topological polar surface area (TPSA) is 79.3 Å². The zero-order valence-electron chi connectivity index (χ0n) is 8.60. The van der Waals surface area contributed by atoms with Gasteiger partial charge in [-0.1, -0.05) is 24.2 Å². The fraction of sp³-hybridized carbons (Fsp3) is 0.500. The molecule has 1 heterocycles. The summed E-state index contributed by atoms with van der Waals surface area (Å²) in [7, 11) is 0. The summed E-state index contributed by atoms with van der Waals surface area (Å²) in [6.45, 7) is 0. The van der Waals surface area contributed by atoms with Gasteiger partial charge in [-0.3, -0.25) is 4.79 Å². The Morgan fingerprint density at radius 3 is 2.69 bits per heavy atom. The number of rotatable bonds is 3. The van der Waals surface area contributed by atoms with E-state index in [1.165, 1.54) is 6.20 Å². The molecular formula is C10H12N2O3S. The van der Waals surface area contributed by atoms with E-state index < -0.39 is 5.97 Å². The van der Waals surface area contributed by atoms with Gasteiger partial charge >= 0.3 is 5.97 Å². The third-order valence-electron chi connectivity index (χ3n) is 2.67. The summed E-state index contributed by atoms with van der Waals surface area (Å²) in [5.74, 6) is -0.986. The summed E-state index contributed by atoms with van der Waals surface area (Å²) in [5.41, 5.74) is 0. The molecule has 1 amide bonds. The van der Waals surface area contributed by atoms with Crippen molar-refractivity contribution in [1.29, 1.82) is 0 Å². The van der Waals surface area contributed by atoms with Gasteiger partial charge in [0.2, 0.25) is 5.91 Å². The molecule has 0 aromatic carbocycles. The second-order valence-electron chi connectivity index (χ2n) is 3.81. The Balaban J connectivity index is 1.97.